The van der Waals surface area contributed by atoms with Crippen molar-refractivity contribution in [1.82, 2.24) is 0 Å². The van der Waals surface area contributed by atoms with E-state index in [4.69, 9.17) is 16.3 Å². The average molecular weight is 282 g/mol. The van der Waals surface area contributed by atoms with Gasteiger partial charge in [0.25, 0.3) is 0 Å². The minimum Gasteiger partial charge on any atom is -0.381 e. The molecule has 1 aromatic carbocycles. The molecule has 1 heterocycles. The van der Waals surface area contributed by atoms with Crippen LogP contribution in [0.15, 0.2) is 34.7 Å². The van der Waals surface area contributed by atoms with Crippen LogP contribution < -0.4 is 0 Å². The van der Waals surface area contributed by atoms with Crippen LogP contribution >= 0.6 is 23.4 Å². The van der Waals surface area contributed by atoms with Crippen molar-refractivity contribution in [3.63, 3.8) is 0 Å². The Kier molecular flexibility index (Phi) is 4.87. The fourth-order valence-electron chi connectivity index (χ4n) is 1.93. The average Bonchev–Trinajstić information content (AvgIpc) is 2.40. The molecule has 1 aliphatic rings. The Hall–Kier alpha value is -0.770. The summed E-state index contributed by atoms with van der Waals surface area (Å²) in [6.07, 6.45) is 2.20. The number of rotatable bonds is 4. The van der Waals surface area contributed by atoms with E-state index in [0.29, 0.717) is 10.3 Å². The molecule has 1 aromatic rings. The predicted molar refractivity (Wildman–Crippen MR) is 80.2 cm³/mol. The van der Waals surface area contributed by atoms with Gasteiger partial charge in [-0.25, -0.2) is 0 Å². The van der Waals surface area contributed by atoms with Gasteiger partial charge in [0, 0.05) is 34.0 Å². The molecule has 96 valence electrons. The van der Waals surface area contributed by atoms with Crippen LogP contribution in [0.25, 0.3) is 5.03 Å². The van der Waals surface area contributed by atoms with Crippen LogP contribution in [0.5, 0.6) is 0 Å². The Morgan fingerprint density at radius 2 is 2.11 bits per heavy atom. The van der Waals surface area contributed by atoms with Crippen molar-refractivity contribution >= 4 is 40.8 Å². The van der Waals surface area contributed by atoms with Crippen LogP contribution in [0.2, 0.25) is 0 Å². The Morgan fingerprint density at radius 3 is 2.72 bits per heavy atom. The number of halogens is 1. The predicted octanol–water partition coefficient (Wildman–Crippen LogP) is 4.50. The lowest BCUT2D eigenvalue weighted by Crippen LogP contribution is -2.17. The number of thioether (sulfide) groups is 1. The summed E-state index contributed by atoms with van der Waals surface area (Å²) >= 11 is 7.86. The first-order valence-corrected chi connectivity index (χ1v) is 7.16. The quantitative estimate of drug-likeness (QED) is 0.758. The molecular weight excluding hydrogens is 266 g/mol. The molecule has 0 aromatic heterocycles. The number of nitrogens with zero attached hydrogens (tertiary/aromatic N) is 1. The lowest BCUT2D eigenvalue weighted by molar-refractivity contribution is 0.100. The van der Waals surface area contributed by atoms with Gasteiger partial charge >= 0.3 is 0 Å². The molecule has 0 saturated carbocycles. The summed E-state index contributed by atoms with van der Waals surface area (Å²) in [5, 5.41) is 1.13. The zero-order valence-electron chi connectivity index (χ0n) is 10.2. The first-order valence-electron chi connectivity index (χ1n) is 5.90. The maximum atomic E-state index is 5.99. The second kappa shape index (κ2) is 6.41. The van der Waals surface area contributed by atoms with Gasteiger partial charge in [0.1, 0.15) is 0 Å². The minimum absolute atomic E-state index is 0.506. The zero-order chi connectivity index (χ0) is 13.0. The van der Waals surface area contributed by atoms with Crippen LogP contribution in [0, 0.1) is 0 Å². The zero-order valence-corrected chi connectivity index (χ0v) is 11.8. The third-order valence-electron chi connectivity index (χ3n) is 2.90. The molecule has 0 radical (unpaired) electrons. The third kappa shape index (κ3) is 3.37. The highest BCUT2D eigenvalue weighted by atomic mass is 35.5. The molecule has 1 aliphatic heterocycles. The second-order valence-corrected chi connectivity index (χ2v) is 6.00. The van der Waals surface area contributed by atoms with Crippen molar-refractivity contribution in [2.75, 3.05) is 13.2 Å². The van der Waals surface area contributed by atoms with Gasteiger partial charge in [-0.05, 0) is 37.8 Å². The molecule has 0 aliphatic carbocycles. The fraction of sp³-hybridized carbons (Fsp3) is 0.357. The molecule has 0 bridgehead atoms. The Labute approximate surface area is 117 Å². The Balaban J connectivity index is 2.15. The van der Waals surface area contributed by atoms with Gasteiger partial charge in [-0.3, -0.25) is 4.99 Å². The van der Waals surface area contributed by atoms with Gasteiger partial charge in [0.2, 0.25) is 0 Å². The first-order chi connectivity index (χ1) is 8.70. The highest BCUT2D eigenvalue weighted by molar-refractivity contribution is 8.00. The van der Waals surface area contributed by atoms with Crippen LogP contribution in [0.3, 0.4) is 0 Å². The van der Waals surface area contributed by atoms with E-state index in [1.807, 2.05) is 23.9 Å². The van der Waals surface area contributed by atoms with Crippen molar-refractivity contribution in [1.29, 1.82) is 0 Å². The normalized spacial score (nSPS) is 16.5. The number of hydrogen-bond donors (Lipinski definition) is 0. The number of benzene rings is 1. The molecule has 4 heteroatoms. The molecule has 1 fully saturated rings. The maximum Gasteiger partial charge on any atom is 0.0710 e. The molecule has 2 nitrogen and oxygen atoms in total. The van der Waals surface area contributed by atoms with E-state index in [-0.39, 0.29) is 0 Å². The van der Waals surface area contributed by atoms with E-state index in [2.05, 4.69) is 24.4 Å². The van der Waals surface area contributed by atoms with Crippen LogP contribution in [0.4, 0.5) is 5.69 Å². The van der Waals surface area contributed by atoms with Crippen LogP contribution in [-0.2, 0) is 4.74 Å². The number of aliphatic imine (C=N–C) groups is 1. The molecule has 0 unspecified atom stereocenters. The van der Waals surface area contributed by atoms with Crippen molar-refractivity contribution in [3.05, 3.63) is 30.3 Å². The second-order valence-electron chi connectivity index (χ2n) is 4.17. The van der Waals surface area contributed by atoms with Crippen LogP contribution in [-0.4, -0.2) is 25.2 Å². The van der Waals surface area contributed by atoms with E-state index in [9.17, 15) is 0 Å². The summed E-state index contributed by atoms with van der Waals surface area (Å²) in [6.45, 7) is 9.04. The topological polar surface area (TPSA) is 21.6 Å². The van der Waals surface area contributed by atoms with Crippen LogP contribution in [0.1, 0.15) is 18.4 Å². The van der Waals surface area contributed by atoms with E-state index in [0.717, 1.165) is 37.3 Å². The standard InChI is InChI=1S/C14H16ClNOS/c1-10(15)13-9-12(3-4-14(13)16-2)18-11-5-7-17-8-6-11/h3-4,9,11H,1-2,5-8H2. The summed E-state index contributed by atoms with van der Waals surface area (Å²) in [4.78, 5) is 5.16. The lowest BCUT2D eigenvalue weighted by Gasteiger charge is -2.21. The SMILES string of the molecule is C=Nc1ccc(SC2CCOCC2)cc1C(=C)Cl. The molecule has 1 saturated heterocycles. The summed E-state index contributed by atoms with van der Waals surface area (Å²) in [7, 11) is 0. The Morgan fingerprint density at radius 1 is 1.39 bits per heavy atom. The van der Waals surface area contributed by atoms with Crippen molar-refractivity contribution in [2.45, 2.75) is 23.0 Å². The van der Waals surface area contributed by atoms with Gasteiger partial charge in [-0.1, -0.05) is 18.2 Å². The third-order valence-corrected chi connectivity index (χ3v) is 4.44. The fourth-order valence-corrected chi connectivity index (χ4v) is 3.23. The molecule has 0 N–H and O–H groups in total. The molecule has 0 spiro atoms. The van der Waals surface area contributed by atoms with Gasteiger partial charge in [0.15, 0.2) is 0 Å². The smallest absolute Gasteiger partial charge is 0.0710 e. The molecule has 0 amide bonds. The highest BCUT2D eigenvalue weighted by Gasteiger charge is 2.15. The largest absolute Gasteiger partial charge is 0.381 e. The minimum atomic E-state index is 0.506. The lowest BCUT2D eigenvalue weighted by atomic mass is 10.2. The van der Waals surface area contributed by atoms with E-state index >= 15 is 0 Å². The van der Waals surface area contributed by atoms with E-state index < -0.39 is 0 Å². The highest BCUT2D eigenvalue weighted by Crippen LogP contribution is 2.35. The number of ether oxygens (including phenoxy) is 1. The maximum absolute atomic E-state index is 5.99. The summed E-state index contributed by atoms with van der Waals surface area (Å²) in [6, 6.07) is 6.05. The molecular formula is C14H16ClNOS. The molecule has 18 heavy (non-hydrogen) atoms. The van der Waals surface area contributed by atoms with Gasteiger partial charge < -0.3 is 4.74 Å². The van der Waals surface area contributed by atoms with Gasteiger partial charge in [0.05, 0.1) is 5.69 Å². The van der Waals surface area contributed by atoms with E-state index in [1.165, 1.54) is 4.90 Å². The first kappa shape index (κ1) is 13.7. The van der Waals surface area contributed by atoms with Gasteiger partial charge in [-0.2, -0.15) is 0 Å². The summed E-state index contributed by atoms with van der Waals surface area (Å²) < 4.78 is 5.36. The summed E-state index contributed by atoms with van der Waals surface area (Å²) in [5.74, 6) is 0. The van der Waals surface area contributed by atoms with Crippen molar-refractivity contribution in [3.8, 4) is 0 Å². The monoisotopic (exact) mass is 281 g/mol. The summed E-state index contributed by atoms with van der Waals surface area (Å²) in [5.41, 5.74) is 1.65. The Bertz CT molecular complexity index is 455. The van der Waals surface area contributed by atoms with Crippen molar-refractivity contribution in [2.24, 2.45) is 4.99 Å². The van der Waals surface area contributed by atoms with Gasteiger partial charge in [-0.15, -0.1) is 11.8 Å². The molecule has 0 atom stereocenters. The van der Waals surface area contributed by atoms with Crippen molar-refractivity contribution < 1.29 is 4.74 Å². The molecule has 2 rings (SSSR count). The number of hydrogen-bond acceptors (Lipinski definition) is 3. The van der Waals surface area contributed by atoms with E-state index in [1.54, 1.807) is 0 Å².